The molecular formula is C15H20N4O. The van der Waals surface area contributed by atoms with Gasteiger partial charge in [0.25, 0.3) is 5.56 Å². The largest absolute Gasteiger partial charge is 0.384 e. The van der Waals surface area contributed by atoms with Crippen molar-refractivity contribution in [2.45, 2.75) is 6.92 Å². The minimum absolute atomic E-state index is 0.188. The highest BCUT2D eigenvalue weighted by Gasteiger charge is 2.03. The maximum absolute atomic E-state index is 11.0. The molecule has 2 N–H and O–H groups in total. The lowest BCUT2D eigenvalue weighted by Crippen LogP contribution is -2.21. The van der Waals surface area contributed by atoms with Crippen LogP contribution in [0, 0.1) is 6.92 Å². The van der Waals surface area contributed by atoms with Crippen LogP contribution in [0.5, 0.6) is 0 Å². The van der Waals surface area contributed by atoms with E-state index in [0.29, 0.717) is 0 Å². The van der Waals surface area contributed by atoms with Crippen LogP contribution in [0.3, 0.4) is 0 Å². The van der Waals surface area contributed by atoms with E-state index in [1.54, 1.807) is 6.07 Å². The zero-order valence-corrected chi connectivity index (χ0v) is 12.1. The Labute approximate surface area is 118 Å². The Kier molecular flexibility index (Phi) is 4.53. The first-order valence-corrected chi connectivity index (χ1v) is 6.61. The van der Waals surface area contributed by atoms with E-state index in [9.17, 15) is 4.79 Å². The smallest absolute Gasteiger partial charge is 0.264 e. The molecule has 0 saturated heterocycles. The van der Waals surface area contributed by atoms with Crippen molar-refractivity contribution in [2.24, 2.45) is 0 Å². The molecule has 0 saturated carbocycles. The standard InChI is InChI=1S/C15H20N4O/c1-11-10-12(14-6-7-15(20)18-17-14)4-5-13(11)16-8-9-19(2)3/h4-7,10,16H,8-9H2,1-3H3,(H,18,20). The first-order valence-electron chi connectivity index (χ1n) is 6.61. The number of rotatable bonds is 5. The van der Waals surface area contributed by atoms with Crippen LogP contribution in [-0.2, 0) is 0 Å². The molecule has 20 heavy (non-hydrogen) atoms. The number of anilines is 1. The first kappa shape index (κ1) is 14.3. The summed E-state index contributed by atoms with van der Waals surface area (Å²) < 4.78 is 0. The summed E-state index contributed by atoms with van der Waals surface area (Å²) in [5, 5.41) is 9.90. The molecule has 1 heterocycles. The van der Waals surface area contributed by atoms with Gasteiger partial charge in [-0.1, -0.05) is 6.07 Å². The van der Waals surface area contributed by atoms with Crippen LogP contribution in [0.4, 0.5) is 5.69 Å². The van der Waals surface area contributed by atoms with Gasteiger partial charge in [0.15, 0.2) is 0 Å². The molecule has 106 valence electrons. The average Bonchev–Trinajstić information content (AvgIpc) is 2.41. The highest BCUT2D eigenvalue weighted by Crippen LogP contribution is 2.22. The summed E-state index contributed by atoms with van der Waals surface area (Å²) in [7, 11) is 4.11. The van der Waals surface area contributed by atoms with Crippen molar-refractivity contribution in [3.8, 4) is 11.3 Å². The lowest BCUT2D eigenvalue weighted by atomic mass is 10.1. The number of hydrogen-bond acceptors (Lipinski definition) is 4. The van der Waals surface area contributed by atoms with Gasteiger partial charge in [-0.3, -0.25) is 4.79 Å². The quantitative estimate of drug-likeness (QED) is 0.870. The molecule has 0 aliphatic carbocycles. The lowest BCUT2D eigenvalue weighted by Gasteiger charge is -2.13. The van der Waals surface area contributed by atoms with Crippen molar-refractivity contribution in [3.63, 3.8) is 0 Å². The van der Waals surface area contributed by atoms with E-state index in [0.717, 1.165) is 35.6 Å². The van der Waals surface area contributed by atoms with E-state index < -0.39 is 0 Å². The van der Waals surface area contributed by atoms with Gasteiger partial charge in [-0.25, -0.2) is 5.10 Å². The SMILES string of the molecule is Cc1cc(-c2ccc(=O)[nH]n2)ccc1NCCN(C)C. The molecule has 2 rings (SSSR count). The molecule has 0 bridgehead atoms. The maximum atomic E-state index is 11.0. The summed E-state index contributed by atoms with van der Waals surface area (Å²) in [4.78, 5) is 13.2. The number of nitrogens with one attached hydrogen (secondary N) is 2. The van der Waals surface area contributed by atoms with Crippen molar-refractivity contribution in [1.82, 2.24) is 15.1 Å². The molecule has 1 aromatic carbocycles. The Balaban J connectivity index is 2.13. The minimum Gasteiger partial charge on any atom is -0.384 e. The molecule has 1 aromatic heterocycles. The molecule has 0 amide bonds. The van der Waals surface area contributed by atoms with E-state index in [2.05, 4.69) is 47.5 Å². The number of aromatic nitrogens is 2. The molecule has 0 atom stereocenters. The molecule has 5 heteroatoms. The molecule has 0 radical (unpaired) electrons. The Morgan fingerprint density at radius 2 is 2.05 bits per heavy atom. The van der Waals surface area contributed by atoms with Gasteiger partial charge in [0.05, 0.1) is 5.69 Å². The van der Waals surface area contributed by atoms with Gasteiger partial charge in [0.1, 0.15) is 0 Å². The van der Waals surface area contributed by atoms with E-state index in [-0.39, 0.29) is 5.56 Å². The van der Waals surface area contributed by atoms with Crippen molar-refractivity contribution in [2.75, 3.05) is 32.5 Å². The number of likely N-dealkylation sites (N-methyl/N-ethyl adjacent to an activating group) is 1. The van der Waals surface area contributed by atoms with E-state index in [4.69, 9.17) is 0 Å². The fraction of sp³-hybridized carbons (Fsp3) is 0.333. The minimum atomic E-state index is -0.188. The van der Waals surface area contributed by atoms with Crippen LogP contribution >= 0.6 is 0 Å². The van der Waals surface area contributed by atoms with Crippen LogP contribution in [0.1, 0.15) is 5.56 Å². The molecule has 0 unspecified atom stereocenters. The van der Waals surface area contributed by atoms with Crippen LogP contribution in [0.2, 0.25) is 0 Å². The summed E-state index contributed by atoms with van der Waals surface area (Å²) in [6, 6.07) is 9.34. The van der Waals surface area contributed by atoms with E-state index >= 15 is 0 Å². The molecule has 5 nitrogen and oxygen atoms in total. The second-order valence-electron chi connectivity index (χ2n) is 5.07. The van der Waals surface area contributed by atoms with Gasteiger partial charge in [-0.15, -0.1) is 0 Å². The van der Waals surface area contributed by atoms with Crippen molar-refractivity contribution in [3.05, 3.63) is 46.2 Å². The molecule has 0 aliphatic heterocycles. The third kappa shape index (κ3) is 3.68. The van der Waals surface area contributed by atoms with Crippen LogP contribution in [0.25, 0.3) is 11.3 Å². The molecule has 2 aromatic rings. The first-order chi connectivity index (χ1) is 9.56. The summed E-state index contributed by atoms with van der Waals surface area (Å²) in [5.74, 6) is 0. The molecule has 0 aliphatic rings. The number of aryl methyl sites for hydroxylation is 1. The van der Waals surface area contributed by atoms with Gasteiger partial charge >= 0.3 is 0 Å². The Hall–Kier alpha value is -2.14. The topological polar surface area (TPSA) is 61.0 Å². The average molecular weight is 272 g/mol. The normalized spacial score (nSPS) is 10.8. The van der Waals surface area contributed by atoms with E-state index in [1.165, 1.54) is 6.07 Å². The monoisotopic (exact) mass is 272 g/mol. The fourth-order valence-electron chi connectivity index (χ4n) is 1.94. The zero-order chi connectivity index (χ0) is 14.5. The van der Waals surface area contributed by atoms with Crippen LogP contribution in [0.15, 0.2) is 35.1 Å². The van der Waals surface area contributed by atoms with Crippen molar-refractivity contribution >= 4 is 5.69 Å². The van der Waals surface area contributed by atoms with Gasteiger partial charge in [-0.05, 0) is 44.8 Å². The third-order valence-corrected chi connectivity index (χ3v) is 3.08. The Morgan fingerprint density at radius 3 is 2.65 bits per heavy atom. The molecule has 0 spiro atoms. The predicted octanol–water partition coefficient (Wildman–Crippen LogP) is 1.72. The Morgan fingerprint density at radius 1 is 1.25 bits per heavy atom. The number of nitrogens with zero attached hydrogens (tertiary/aromatic N) is 2. The number of H-pyrrole nitrogens is 1. The maximum Gasteiger partial charge on any atom is 0.264 e. The van der Waals surface area contributed by atoms with Gasteiger partial charge in [0.2, 0.25) is 0 Å². The third-order valence-electron chi connectivity index (χ3n) is 3.08. The number of aromatic amines is 1. The second kappa shape index (κ2) is 6.34. The number of benzene rings is 1. The zero-order valence-electron chi connectivity index (χ0n) is 12.1. The fourth-order valence-corrected chi connectivity index (χ4v) is 1.94. The van der Waals surface area contributed by atoms with Crippen LogP contribution in [-0.4, -0.2) is 42.3 Å². The summed E-state index contributed by atoms with van der Waals surface area (Å²) >= 11 is 0. The number of hydrogen-bond donors (Lipinski definition) is 2. The highest BCUT2D eigenvalue weighted by molar-refractivity contribution is 5.65. The van der Waals surface area contributed by atoms with Crippen LogP contribution < -0.4 is 10.9 Å². The molecule has 0 fully saturated rings. The van der Waals surface area contributed by atoms with Gasteiger partial charge in [0, 0.05) is 30.4 Å². The summed E-state index contributed by atoms with van der Waals surface area (Å²) in [6.07, 6.45) is 0. The van der Waals surface area contributed by atoms with Crippen molar-refractivity contribution in [1.29, 1.82) is 0 Å². The van der Waals surface area contributed by atoms with E-state index in [1.807, 2.05) is 12.1 Å². The summed E-state index contributed by atoms with van der Waals surface area (Å²) in [6.45, 7) is 3.96. The lowest BCUT2D eigenvalue weighted by molar-refractivity contribution is 0.425. The Bertz CT molecular complexity index is 614. The highest BCUT2D eigenvalue weighted by atomic mass is 16.1. The van der Waals surface area contributed by atoms with Gasteiger partial charge in [-0.2, -0.15) is 5.10 Å². The van der Waals surface area contributed by atoms with Gasteiger partial charge < -0.3 is 10.2 Å². The molecular weight excluding hydrogens is 252 g/mol. The summed E-state index contributed by atoms with van der Waals surface area (Å²) in [5.41, 5.74) is 3.87. The predicted molar refractivity (Wildman–Crippen MR) is 82.1 cm³/mol. The second-order valence-corrected chi connectivity index (χ2v) is 5.07. The van der Waals surface area contributed by atoms with Crippen molar-refractivity contribution < 1.29 is 0 Å².